The summed E-state index contributed by atoms with van der Waals surface area (Å²) in [4.78, 5) is 27.6. The number of rotatable bonds is 7. The van der Waals surface area contributed by atoms with Crippen LogP contribution in [0.25, 0.3) is 0 Å². The Morgan fingerprint density at radius 2 is 2.03 bits per heavy atom. The van der Waals surface area contributed by atoms with Crippen LogP contribution in [-0.4, -0.2) is 44.5 Å². The molecule has 1 aromatic carbocycles. The van der Waals surface area contributed by atoms with E-state index >= 15 is 0 Å². The number of hydrogen-bond acceptors (Lipinski definition) is 6. The molecule has 0 unspecified atom stereocenters. The van der Waals surface area contributed by atoms with Gasteiger partial charge in [-0.15, -0.1) is 0 Å². The Labute approximate surface area is 183 Å². The van der Waals surface area contributed by atoms with E-state index in [-0.39, 0.29) is 18.3 Å². The molecule has 6 nitrogen and oxygen atoms in total. The lowest BCUT2D eigenvalue weighted by atomic mass is 9.78. The van der Waals surface area contributed by atoms with Crippen LogP contribution < -0.4 is 10.1 Å². The van der Waals surface area contributed by atoms with Crippen molar-refractivity contribution in [1.82, 2.24) is 10.2 Å². The summed E-state index contributed by atoms with van der Waals surface area (Å²) in [7, 11) is 5.40. The van der Waals surface area contributed by atoms with Crippen LogP contribution >= 0.6 is 0 Å². The predicted molar refractivity (Wildman–Crippen MR) is 120 cm³/mol. The maximum Gasteiger partial charge on any atom is 0.336 e. The van der Waals surface area contributed by atoms with Gasteiger partial charge in [0.25, 0.3) is 0 Å². The molecule has 0 saturated carbocycles. The maximum absolute atomic E-state index is 13.0. The highest BCUT2D eigenvalue weighted by Gasteiger charge is 2.34. The van der Waals surface area contributed by atoms with Gasteiger partial charge in [0.2, 0.25) is 0 Å². The third kappa shape index (κ3) is 4.90. The van der Waals surface area contributed by atoms with E-state index in [0.29, 0.717) is 30.4 Å². The van der Waals surface area contributed by atoms with Crippen molar-refractivity contribution in [2.45, 2.75) is 32.1 Å². The molecule has 1 aromatic rings. The number of hydrogen-bond donors (Lipinski definition) is 1. The van der Waals surface area contributed by atoms with Gasteiger partial charge in [-0.2, -0.15) is 0 Å². The molecule has 0 bridgehead atoms. The number of nitrogens with zero attached hydrogens (tertiary/aromatic N) is 1. The molecule has 0 amide bonds. The number of Topliss-reactive ketones (excluding diaryl/α,β-unsaturated/α-hetero) is 1. The molecule has 2 aliphatic rings. The molecule has 1 heterocycles. The summed E-state index contributed by atoms with van der Waals surface area (Å²) < 4.78 is 11.0. The van der Waals surface area contributed by atoms with Gasteiger partial charge in [-0.25, -0.2) is 4.79 Å². The number of ether oxygens (including phenoxy) is 2. The van der Waals surface area contributed by atoms with E-state index in [0.717, 1.165) is 28.4 Å². The summed E-state index contributed by atoms with van der Waals surface area (Å²) in [6, 6.07) is 7.81. The van der Waals surface area contributed by atoms with Crippen molar-refractivity contribution in [2.24, 2.45) is 0 Å². The Bertz CT molecular complexity index is 985. The van der Waals surface area contributed by atoms with E-state index < -0.39 is 5.97 Å². The van der Waals surface area contributed by atoms with Gasteiger partial charge >= 0.3 is 5.97 Å². The molecular formula is C25H30N2O4. The predicted octanol–water partition coefficient (Wildman–Crippen LogP) is 3.84. The first kappa shape index (κ1) is 22.4. The summed E-state index contributed by atoms with van der Waals surface area (Å²) >= 11 is 0. The molecule has 1 aliphatic heterocycles. The topological polar surface area (TPSA) is 67.9 Å². The molecular weight excluding hydrogens is 392 g/mol. The molecule has 164 valence electrons. The lowest BCUT2D eigenvalue weighted by Crippen LogP contribution is -2.32. The summed E-state index contributed by atoms with van der Waals surface area (Å²) in [6.07, 6.45) is 4.86. The van der Waals surface area contributed by atoms with E-state index in [4.69, 9.17) is 9.47 Å². The molecule has 6 heteroatoms. The normalized spacial score (nSPS) is 18.9. The van der Waals surface area contributed by atoms with Crippen molar-refractivity contribution in [3.8, 4) is 5.75 Å². The molecule has 0 fully saturated rings. The first-order valence-electron chi connectivity index (χ1n) is 10.4. The Hall–Kier alpha value is -3.28. The van der Waals surface area contributed by atoms with Gasteiger partial charge < -0.3 is 19.7 Å². The lowest BCUT2D eigenvalue weighted by Gasteiger charge is -2.32. The van der Waals surface area contributed by atoms with E-state index in [1.165, 1.54) is 0 Å². The average Bonchev–Trinajstić information content (AvgIpc) is 2.75. The van der Waals surface area contributed by atoms with Crippen LogP contribution in [0, 0.1) is 0 Å². The van der Waals surface area contributed by atoms with Gasteiger partial charge in [-0.3, -0.25) is 4.79 Å². The number of methoxy groups -OCH3 is 1. The lowest BCUT2D eigenvalue weighted by molar-refractivity contribution is -0.138. The van der Waals surface area contributed by atoms with Gasteiger partial charge in [0.05, 0.1) is 18.4 Å². The van der Waals surface area contributed by atoms with E-state index in [9.17, 15) is 9.59 Å². The third-order valence-electron chi connectivity index (χ3n) is 5.79. The van der Waals surface area contributed by atoms with Crippen LogP contribution in [0.15, 0.2) is 71.2 Å². The SMILES string of the molecule is C=C/C=C(/COC(=O)C1=C(C)NC2=C(C1)C(=O)C[C@H](c1ccccc1OC)C2)N(C)C. The van der Waals surface area contributed by atoms with Crippen LogP contribution in [0.5, 0.6) is 5.75 Å². The highest BCUT2D eigenvalue weighted by atomic mass is 16.5. The molecule has 0 saturated heterocycles. The van der Waals surface area contributed by atoms with Gasteiger partial charge in [-0.1, -0.05) is 30.9 Å². The number of allylic oxidation sites excluding steroid dienone is 5. The molecule has 1 aliphatic carbocycles. The third-order valence-corrected chi connectivity index (χ3v) is 5.79. The van der Waals surface area contributed by atoms with Crippen LogP contribution in [-0.2, 0) is 14.3 Å². The highest BCUT2D eigenvalue weighted by Crippen LogP contribution is 2.41. The fraction of sp³-hybridized carbons (Fsp3) is 0.360. The number of ketones is 1. The minimum atomic E-state index is -0.409. The Morgan fingerprint density at radius 3 is 2.71 bits per heavy atom. The Kier molecular flexibility index (Phi) is 7.00. The summed E-state index contributed by atoms with van der Waals surface area (Å²) in [6.45, 7) is 5.68. The van der Waals surface area contributed by atoms with Gasteiger partial charge in [0.1, 0.15) is 12.4 Å². The van der Waals surface area contributed by atoms with Crippen molar-refractivity contribution >= 4 is 11.8 Å². The molecule has 0 aromatic heterocycles. The highest BCUT2D eigenvalue weighted by molar-refractivity contribution is 6.01. The fourth-order valence-corrected chi connectivity index (χ4v) is 4.04. The minimum absolute atomic E-state index is 0.0443. The molecule has 0 spiro atoms. The van der Waals surface area contributed by atoms with Crippen molar-refractivity contribution in [2.75, 3.05) is 27.8 Å². The number of carbonyl (C=O) groups excluding carboxylic acids is 2. The van der Waals surface area contributed by atoms with Crippen molar-refractivity contribution in [1.29, 1.82) is 0 Å². The first-order valence-corrected chi connectivity index (χ1v) is 10.4. The summed E-state index contributed by atoms with van der Waals surface area (Å²) in [5.74, 6) is 0.486. The molecule has 31 heavy (non-hydrogen) atoms. The van der Waals surface area contributed by atoms with E-state index in [2.05, 4.69) is 11.9 Å². The van der Waals surface area contributed by atoms with Crippen molar-refractivity contribution < 1.29 is 19.1 Å². The number of likely N-dealkylation sites (N-methyl/N-ethyl adjacent to an activating group) is 1. The molecule has 0 radical (unpaired) electrons. The standard InChI is InChI=1S/C25H30N2O4/c1-6-9-18(27(3)4)15-31-25(29)20-14-21-22(26-16(20)2)12-17(13-23(21)28)19-10-7-8-11-24(19)30-5/h6-11,17,26H,1,12-15H2,2-5H3/b18-9-/t17-/m1/s1. The van der Waals surface area contributed by atoms with Crippen molar-refractivity contribution in [3.05, 3.63) is 76.8 Å². The second-order valence-corrected chi connectivity index (χ2v) is 8.00. The minimum Gasteiger partial charge on any atom is -0.496 e. The van der Waals surface area contributed by atoms with E-state index in [1.54, 1.807) is 19.3 Å². The largest absolute Gasteiger partial charge is 0.496 e. The maximum atomic E-state index is 13.0. The zero-order valence-corrected chi connectivity index (χ0v) is 18.7. The molecule has 3 rings (SSSR count). The quantitative estimate of drug-likeness (QED) is 0.532. The van der Waals surface area contributed by atoms with Crippen LogP contribution in [0.1, 0.15) is 37.7 Å². The first-order chi connectivity index (χ1) is 14.8. The summed E-state index contributed by atoms with van der Waals surface area (Å²) in [5.41, 5.74) is 4.67. The Balaban J connectivity index is 1.74. The number of dihydropyridines is 1. The molecule has 1 atom stereocenters. The Morgan fingerprint density at radius 1 is 1.29 bits per heavy atom. The fourth-order valence-electron chi connectivity index (χ4n) is 4.04. The van der Waals surface area contributed by atoms with E-state index in [1.807, 2.05) is 50.2 Å². The average molecular weight is 423 g/mol. The number of nitrogens with one attached hydrogen (secondary N) is 1. The molecule has 1 N–H and O–H groups in total. The number of carbonyl (C=O) groups is 2. The number of benzene rings is 1. The van der Waals surface area contributed by atoms with Crippen LogP contribution in [0.2, 0.25) is 0 Å². The monoisotopic (exact) mass is 422 g/mol. The van der Waals surface area contributed by atoms with Crippen LogP contribution in [0.3, 0.4) is 0 Å². The zero-order chi connectivity index (χ0) is 22.5. The summed E-state index contributed by atoms with van der Waals surface area (Å²) in [5, 5.41) is 3.31. The van der Waals surface area contributed by atoms with Gasteiger partial charge in [0.15, 0.2) is 5.78 Å². The van der Waals surface area contributed by atoms with Crippen LogP contribution in [0.4, 0.5) is 0 Å². The second-order valence-electron chi connectivity index (χ2n) is 8.00. The smallest absolute Gasteiger partial charge is 0.336 e. The zero-order valence-electron chi connectivity index (χ0n) is 18.7. The number of esters is 1. The van der Waals surface area contributed by atoms with Gasteiger partial charge in [-0.05, 0) is 31.1 Å². The van der Waals surface area contributed by atoms with Crippen molar-refractivity contribution in [3.63, 3.8) is 0 Å². The van der Waals surface area contributed by atoms with Gasteiger partial charge in [0, 0.05) is 49.8 Å². The number of para-hydroxylation sites is 1. The second kappa shape index (κ2) is 9.69.